The minimum atomic E-state index is -0.462. The number of benzene rings is 1. The van der Waals surface area contributed by atoms with E-state index >= 15 is 4.39 Å². The van der Waals surface area contributed by atoms with Crippen LogP contribution in [-0.4, -0.2) is 53.2 Å². The first-order valence-corrected chi connectivity index (χ1v) is 12.0. The van der Waals surface area contributed by atoms with Crippen LogP contribution in [0.2, 0.25) is 0 Å². The van der Waals surface area contributed by atoms with Gasteiger partial charge in [0.05, 0.1) is 0 Å². The highest BCUT2D eigenvalue weighted by Gasteiger charge is 2.32. The summed E-state index contributed by atoms with van der Waals surface area (Å²) in [6.07, 6.45) is 3.92. The number of nitrogens with zero attached hydrogens (tertiary/aromatic N) is 6. The van der Waals surface area contributed by atoms with Gasteiger partial charge in [0.1, 0.15) is 17.3 Å². The van der Waals surface area contributed by atoms with E-state index in [9.17, 15) is 4.39 Å². The Balaban J connectivity index is 1.52. The number of aryl methyl sites for hydroxylation is 1. The summed E-state index contributed by atoms with van der Waals surface area (Å²) in [7, 11) is 0. The molecule has 2 fully saturated rings. The van der Waals surface area contributed by atoms with Crippen molar-refractivity contribution in [2.45, 2.75) is 45.7 Å². The molecule has 2 aliphatic heterocycles. The molecule has 0 spiro atoms. The van der Waals surface area contributed by atoms with Crippen LogP contribution in [0.4, 0.5) is 26.4 Å². The fourth-order valence-corrected chi connectivity index (χ4v) is 5.05. The molecule has 178 valence electrons. The first-order valence-electron chi connectivity index (χ1n) is 12.0. The molecule has 5 rings (SSSR count). The summed E-state index contributed by atoms with van der Waals surface area (Å²) in [5, 5.41) is 0. The molecule has 0 N–H and O–H groups in total. The molecule has 2 saturated heterocycles. The third kappa shape index (κ3) is 4.17. The van der Waals surface area contributed by atoms with Crippen LogP contribution >= 0.6 is 0 Å². The Kier molecular flexibility index (Phi) is 6.06. The number of hydrogen-bond donors (Lipinski definition) is 0. The van der Waals surface area contributed by atoms with Gasteiger partial charge in [0, 0.05) is 50.0 Å². The van der Waals surface area contributed by atoms with Crippen molar-refractivity contribution in [2.24, 2.45) is 0 Å². The zero-order valence-corrected chi connectivity index (χ0v) is 19.9. The van der Waals surface area contributed by atoms with Gasteiger partial charge >= 0.3 is 0 Å². The molecule has 3 aromatic rings. The monoisotopic (exact) mass is 464 g/mol. The lowest BCUT2D eigenvalue weighted by Gasteiger charge is -2.41. The van der Waals surface area contributed by atoms with E-state index in [2.05, 4.69) is 46.6 Å². The van der Waals surface area contributed by atoms with Crippen molar-refractivity contribution in [2.75, 3.05) is 40.9 Å². The molecule has 2 atom stereocenters. The fourth-order valence-electron chi connectivity index (χ4n) is 5.05. The van der Waals surface area contributed by atoms with Crippen LogP contribution in [0.25, 0.3) is 11.3 Å². The topological polar surface area (TPSA) is 48.4 Å². The van der Waals surface area contributed by atoms with E-state index in [1.807, 2.05) is 17.2 Å². The number of pyridine rings is 1. The zero-order chi connectivity index (χ0) is 23.8. The maximum atomic E-state index is 16.0. The number of hydrogen-bond acceptors (Lipinski definition) is 6. The van der Waals surface area contributed by atoms with Crippen molar-refractivity contribution >= 4 is 17.6 Å². The average molecular weight is 465 g/mol. The van der Waals surface area contributed by atoms with E-state index in [0.717, 1.165) is 30.8 Å². The molecule has 0 aliphatic carbocycles. The molecule has 0 saturated carbocycles. The van der Waals surface area contributed by atoms with Crippen molar-refractivity contribution in [1.82, 2.24) is 15.0 Å². The number of piperazine rings is 1. The smallest absolute Gasteiger partial charge is 0.228 e. The summed E-state index contributed by atoms with van der Waals surface area (Å²) in [6, 6.07) is 10.1. The predicted octanol–water partition coefficient (Wildman–Crippen LogP) is 4.83. The van der Waals surface area contributed by atoms with Crippen LogP contribution in [0.1, 0.15) is 32.3 Å². The average Bonchev–Trinajstić information content (AvgIpc) is 3.26. The molecule has 6 nitrogen and oxygen atoms in total. The molecule has 4 heterocycles. The van der Waals surface area contributed by atoms with Gasteiger partial charge in [-0.15, -0.1) is 0 Å². The van der Waals surface area contributed by atoms with Gasteiger partial charge in [0.15, 0.2) is 11.6 Å². The maximum absolute atomic E-state index is 16.0. The number of halogens is 2. The first kappa shape index (κ1) is 22.5. The highest BCUT2D eigenvalue weighted by atomic mass is 19.1. The summed E-state index contributed by atoms with van der Waals surface area (Å²) in [5.74, 6) is 0.998. The summed E-state index contributed by atoms with van der Waals surface area (Å²) < 4.78 is 29.5. The van der Waals surface area contributed by atoms with Crippen LogP contribution in [0.15, 0.2) is 42.6 Å². The van der Waals surface area contributed by atoms with E-state index < -0.39 is 5.82 Å². The molecule has 1 unspecified atom stereocenters. The molecule has 8 heteroatoms. The lowest BCUT2D eigenvalue weighted by atomic mass is 10.1. The number of aromatic nitrogens is 3. The van der Waals surface area contributed by atoms with Gasteiger partial charge < -0.3 is 14.7 Å². The van der Waals surface area contributed by atoms with E-state index in [4.69, 9.17) is 4.98 Å². The summed E-state index contributed by atoms with van der Waals surface area (Å²) in [4.78, 5) is 20.4. The van der Waals surface area contributed by atoms with Gasteiger partial charge in [-0.25, -0.2) is 18.7 Å². The molecular weight excluding hydrogens is 434 g/mol. The second-order valence-electron chi connectivity index (χ2n) is 9.33. The Morgan fingerprint density at radius 1 is 0.882 bits per heavy atom. The number of rotatable bonds is 4. The van der Waals surface area contributed by atoms with Gasteiger partial charge in [-0.05, 0) is 69.5 Å². The number of anilines is 3. The van der Waals surface area contributed by atoms with E-state index in [1.165, 1.54) is 12.1 Å². The van der Waals surface area contributed by atoms with Crippen LogP contribution in [-0.2, 0) is 0 Å². The van der Waals surface area contributed by atoms with Crippen LogP contribution in [0.5, 0.6) is 0 Å². The minimum absolute atomic E-state index is 0.0180. The Hall–Kier alpha value is -3.29. The van der Waals surface area contributed by atoms with E-state index in [-0.39, 0.29) is 17.6 Å². The molecule has 34 heavy (non-hydrogen) atoms. The Labute approximate surface area is 199 Å². The van der Waals surface area contributed by atoms with Gasteiger partial charge in [0.25, 0.3) is 0 Å². The lowest BCUT2D eigenvalue weighted by molar-refractivity contribution is 0.521. The van der Waals surface area contributed by atoms with Crippen LogP contribution in [0.3, 0.4) is 0 Å². The van der Waals surface area contributed by atoms with Gasteiger partial charge in [-0.1, -0.05) is 6.07 Å². The largest absolute Gasteiger partial charge is 0.353 e. The predicted molar refractivity (Wildman–Crippen MR) is 131 cm³/mol. The van der Waals surface area contributed by atoms with Crippen molar-refractivity contribution in [3.8, 4) is 11.3 Å². The van der Waals surface area contributed by atoms with Crippen molar-refractivity contribution in [3.63, 3.8) is 0 Å². The first-order chi connectivity index (χ1) is 16.4. The Morgan fingerprint density at radius 2 is 1.68 bits per heavy atom. The van der Waals surface area contributed by atoms with Gasteiger partial charge in [0.2, 0.25) is 5.95 Å². The summed E-state index contributed by atoms with van der Waals surface area (Å²) in [6.45, 7) is 9.17. The normalized spacial score (nSPS) is 20.8. The highest BCUT2D eigenvalue weighted by Crippen LogP contribution is 2.34. The van der Waals surface area contributed by atoms with Crippen molar-refractivity contribution < 1.29 is 8.78 Å². The molecule has 0 bridgehead atoms. The minimum Gasteiger partial charge on any atom is -0.353 e. The van der Waals surface area contributed by atoms with Crippen molar-refractivity contribution in [3.05, 3.63) is 59.8 Å². The second-order valence-corrected chi connectivity index (χ2v) is 9.33. The summed E-state index contributed by atoms with van der Waals surface area (Å²) in [5.41, 5.74) is 1.89. The summed E-state index contributed by atoms with van der Waals surface area (Å²) >= 11 is 0. The second kappa shape index (κ2) is 9.16. The quantitative estimate of drug-likeness (QED) is 0.551. The zero-order valence-electron chi connectivity index (χ0n) is 19.9. The third-order valence-electron chi connectivity index (χ3n) is 6.93. The molecule has 0 amide bonds. The fraction of sp³-hybridized carbons (Fsp3) is 0.423. The molecule has 0 radical (unpaired) electrons. The van der Waals surface area contributed by atoms with Crippen LogP contribution < -0.4 is 14.7 Å². The van der Waals surface area contributed by atoms with E-state index in [0.29, 0.717) is 43.0 Å². The van der Waals surface area contributed by atoms with Gasteiger partial charge in [-0.3, -0.25) is 0 Å². The Bertz CT molecular complexity index is 1170. The van der Waals surface area contributed by atoms with Crippen molar-refractivity contribution in [1.29, 1.82) is 0 Å². The molecule has 2 aliphatic rings. The Morgan fingerprint density at radius 3 is 2.35 bits per heavy atom. The molecule has 2 aromatic heterocycles. The SMILES string of the molecule is Cc1cccnc1N1CCN(c2nc(N3CCC[C@H]3C)nc(-c3ccc(F)cc3)c2F)C(C)C1. The standard InChI is InChI=1S/C26H30F2N6/c1-17-6-4-12-29-24(17)32-14-15-33(19(3)16-32)25-22(28)23(20-8-10-21(27)11-9-20)30-26(31-25)34-13-5-7-18(34)2/h4,6,8-12,18-19H,5,7,13-16H2,1-3H3/t18-,19?/m1/s1. The van der Waals surface area contributed by atoms with Crippen LogP contribution in [0, 0.1) is 18.6 Å². The molecular formula is C26H30F2N6. The highest BCUT2D eigenvalue weighted by molar-refractivity contribution is 5.67. The maximum Gasteiger partial charge on any atom is 0.228 e. The van der Waals surface area contributed by atoms with E-state index in [1.54, 1.807) is 12.1 Å². The lowest BCUT2D eigenvalue weighted by Crippen LogP contribution is -2.53. The molecule has 1 aromatic carbocycles. The third-order valence-corrected chi connectivity index (χ3v) is 6.93. The van der Waals surface area contributed by atoms with Gasteiger partial charge in [-0.2, -0.15) is 4.98 Å².